The predicted octanol–water partition coefficient (Wildman–Crippen LogP) is 4.77. The Labute approximate surface area is 294 Å². The van der Waals surface area contributed by atoms with Crippen LogP contribution >= 0.6 is 0 Å². The van der Waals surface area contributed by atoms with Crippen LogP contribution < -0.4 is 5.32 Å². The second-order valence-electron chi connectivity index (χ2n) is 19.6. The van der Waals surface area contributed by atoms with Crippen LogP contribution in [0, 0.1) is 56.7 Å². The lowest BCUT2D eigenvalue weighted by atomic mass is 9.41. The Morgan fingerprint density at radius 1 is 1.06 bits per heavy atom. The zero-order valence-electron chi connectivity index (χ0n) is 31.6. The Morgan fingerprint density at radius 3 is 2.45 bits per heavy atom. The smallest absolute Gasteiger partial charge is 0.228 e. The molecular weight excluding hydrogens is 620 g/mol. The predicted molar refractivity (Wildman–Crippen MR) is 185 cm³/mol. The van der Waals surface area contributed by atoms with Crippen molar-refractivity contribution >= 4 is 5.91 Å². The van der Waals surface area contributed by atoms with Gasteiger partial charge in [-0.3, -0.25) is 4.79 Å². The molecule has 14 atom stereocenters. The van der Waals surface area contributed by atoms with Crippen LogP contribution in [0.4, 0.5) is 0 Å². The quantitative estimate of drug-likeness (QED) is 0.352. The molecule has 0 unspecified atom stereocenters. The molecule has 8 fully saturated rings. The average Bonchev–Trinajstić information content (AvgIpc) is 3.64. The number of carbonyl (C=O) groups excluding carboxylic acids is 1. The van der Waals surface area contributed by atoms with Gasteiger partial charge >= 0.3 is 0 Å². The number of hydrogen-bond acceptors (Lipinski definition) is 8. The third-order valence-corrected chi connectivity index (χ3v) is 16.9. The fourth-order valence-electron chi connectivity index (χ4n) is 14.5. The first-order valence-electron chi connectivity index (χ1n) is 20.0. The lowest BCUT2D eigenvalue weighted by Crippen LogP contribution is -2.60. The second kappa shape index (κ2) is 11.6. The number of hydrogen-bond donors (Lipinski definition) is 3. The third kappa shape index (κ3) is 4.77. The number of rotatable bonds is 7. The molecule has 0 aromatic carbocycles. The van der Waals surface area contributed by atoms with E-state index in [-0.39, 0.29) is 58.1 Å². The van der Waals surface area contributed by atoms with Gasteiger partial charge in [-0.1, -0.05) is 34.6 Å². The first kappa shape index (κ1) is 35.2. The van der Waals surface area contributed by atoms with E-state index in [2.05, 4.69) is 39.9 Å². The number of carbonyl (C=O) groups is 1. The Kier molecular flexibility index (Phi) is 8.34. The topological polar surface area (TPSA) is 110 Å². The molecule has 0 aromatic rings. The number of fused-ring (bicyclic) bond motifs is 4. The summed E-state index contributed by atoms with van der Waals surface area (Å²) in [4.78, 5) is 15.0. The van der Waals surface area contributed by atoms with Crippen LogP contribution in [0.1, 0.15) is 107 Å². The van der Waals surface area contributed by atoms with E-state index >= 15 is 0 Å². The summed E-state index contributed by atoms with van der Waals surface area (Å²) in [6.07, 6.45) is 7.35. The number of nitrogens with zero attached hydrogens (tertiary/aromatic N) is 1. The van der Waals surface area contributed by atoms with Gasteiger partial charge in [-0.2, -0.15) is 0 Å². The molecule has 49 heavy (non-hydrogen) atoms. The minimum absolute atomic E-state index is 0.000425. The van der Waals surface area contributed by atoms with Gasteiger partial charge in [0.15, 0.2) is 6.29 Å². The van der Waals surface area contributed by atoms with Crippen molar-refractivity contribution in [1.29, 1.82) is 0 Å². The molecule has 0 aromatic heterocycles. The lowest BCUT2D eigenvalue weighted by molar-refractivity contribution is -0.248. The molecule has 8 aliphatic rings. The van der Waals surface area contributed by atoms with Gasteiger partial charge in [-0.15, -0.1) is 0 Å². The maximum atomic E-state index is 13.0. The molecule has 0 radical (unpaired) electrons. The molecule has 9 heteroatoms. The van der Waals surface area contributed by atoms with E-state index < -0.39 is 17.8 Å². The number of aliphatic hydroxyl groups excluding tert-OH is 1. The summed E-state index contributed by atoms with van der Waals surface area (Å²) in [6.45, 7) is 21.6. The van der Waals surface area contributed by atoms with E-state index in [9.17, 15) is 15.0 Å². The molecule has 3 heterocycles. The van der Waals surface area contributed by atoms with Crippen molar-refractivity contribution < 1.29 is 34.0 Å². The Bertz CT molecular complexity index is 1300. The van der Waals surface area contributed by atoms with E-state index in [4.69, 9.17) is 18.9 Å². The summed E-state index contributed by atoms with van der Waals surface area (Å²) in [6, 6.07) is 0. The molecule has 9 nitrogen and oxygen atoms in total. The minimum atomic E-state index is -1.02. The zero-order chi connectivity index (χ0) is 34.9. The normalized spacial score (nSPS) is 51.0. The van der Waals surface area contributed by atoms with E-state index in [1.54, 1.807) is 0 Å². The molecule has 1 amide bonds. The van der Waals surface area contributed by atoms with Crippen LogP contribution in [-0.4, -0.2) is 103 Å². The third-order valence-electron chi connectivity index (χ3n) is 16.9. The van der Waals surface area contributed by atoms with Crippen molar-refractivity contribution in [3.63, 3.8) is 0 Å². The Hall–Kier alpha value is -0.810. The largest absolute Gasteiger partial charge is 0.390 e. The minimum Gasteiger partial charge on any atom is -0.390 e. The highest BCUT2D eigenvalue weighted by atomic mass is 16.7. The number of ether oxygens (including phenoxy) is 4. The van der Waals surface area contributed by atoms with Crippen LogP contribution in [0.2, 0.25) is 0 Å². The molecule has 3 aliphatic heterocycles. The second-order valence-corrected chi connectivity index (χ2v) is 19.6. The lowest BCUT2D eigenvalue weighted by Gasteiger charge is -2.64. The van der Waals surface area contributed by atoms with E-state index in [1.165, 1.54) is 25.7 Å². The van der Waals surface area contributed by atoms with Crippen LogP contribution in [0.25, 0.3) is 0 Å². The van der Waals surface area contributed by atoms with Crippen molar-refractivity contribution in [1.82, 2.24) is 10.2 Å². The fourth-order valence-corrected chi connectivity index (χ4v) is 14.5. The van der Waals surface area contributed by atoms with Crippen molar-refractivity contribution in [2.45, 2.75) is 149 Å². The maximum absolute atomic E-state index is 13.0. The van der Waals surface area contributed by atoms with Gasteiger partial charge in [0.1, 0.15) is 6.10 Å². The zero-order valence-corrected chi connectivity index (χ0v) is 31.6. The number of nitrogens with one attached hydrogen (secondary N) is 1. The first-order valence-corrected chi connectivity index (χ1v) is 20.0. The fraction of sp³-hybridized carbons (Fsp3) is 0.975. The van der Waals surface area contributed by atoms with Gasteiger partial charge in [0, 0.05) is 31.7 Å². The van der Waals surface area contributed by atoms with Crippen LogP contribution in [0.15, 0.2) is 0 Å². The standard InChI is InChI=1S/C40H66N2O7/c1-9-46-33(36(5,6)45)25-18-23(2)30-31(48-25)32(43)38(8)27-11-10-26-35(3,4)28(12-13-39(26)22-40(27,39)15-14-37(30,38)7)49-29-21-42(16-17-47-29)34(44)24-19-41-20-24/h23-33,41,43,45H,9-22H2,1-8H3/t23-,25-,26+,27+,28+,29+,30+,31+,32+,33+,37+,38+,39-,40+/m1/s1. The first-order chi connectivity index (χ1) is 23.0. The number of morpholine rings is 1. The highest BCUT2D eigenvalue weighted by Crippen LogP contribution is 2.89. The number of amides is 1. The van der Waals surface area contributed by atoms with Gasteiger partial charge < -0.3 is 39.4 Å². The molecule has 3 N–H and O–H groups in total. The summed E-state index contributed by atoms with van der Waals surface area (Å²) in [5.41, 5.74) is -0.681. The molecule has 5 aliphatic carbocycles. The van der Waals surface area contributed by atoms with Gasteiger partial charge in [0.05, 0.1) is 49.1 Å². The SMILES string of the molecule is CCO[C@@H]([C@H]1C[C@@H](C)[C@H]2[C@H](O1)[C@H](O)[C@]1(C)[C@@H]3CC[C@H]4C(C)(C)[C@@H](O[C@H]5CN(C(=O)C6CNC6)CCO5)CC[C@@]45C[C@@]35CC[C@@]21C)C(C)(C)O. The van der Waals surface area contributed by atoms with Crippen molar-refractivity contribution in [2.24, 2.45) is 56.7 Å². The molecule has 3 saturated heterocycles. The van der Waals surface area contributed by atoms with Crippen molar-refractivity contribution in [3.8, 4) is 0 Å². The molecule has 5 saturated carbocycles. The molecule has 8 rings (SSSR count). The molecule has 2 spiro atoms. The maximum Gasteiger partial charge on any atom is 0.228 e. The van der Waals surface area contributed by atoms with E-state index in [0.717, 1.165) is 38.8 Å². The van der Waals surface area contributed by atoms with Gasteiger partial charge in [-0.05, 0) is 117 Å². The summed E-state index contributed by atoms with van der Waals surface area (Å²) < 4.78 is 26.1. The molecular formula is C40H66N2O7. The molecule has 278 valence electrons. The van der Waals surface area contributed by atoms with Gasteiger partial charge in [0.2, 0.25) is 5.91 Å². The highest BCUT2D eigenvalue weighted by Gasteiger charge is 2.84. The Morgan fingerprint density at radius 2 is 1.78 bits per heavy atom. The van der Waals surface area contributed by atoms with Crippen LogP contribution in [0.5, 0.6) is 0 Å². The van der Waals surface area contributed by atoms with Crippen LogP contribution in [-0.2, 0) is 23.7 Å². The molecule has 0 bridgehead atoms. The summed E-state index contributed by atoms with van der Waals surface area (Å²) in [5, 5.41) is 26.9. The average molecular weight is 687 g/mol. The van der Waals surface area contributed by atoms with Gasteiger partial charge in [0.25, 0.3) is 0 Å². The van der Waals surface area contributed by atoms with Gasteiger partial charge in [-0.25, -0.2) is 0 Å². The summed E-state index contributed by atoms with van der Waals surface area (Å²) in [5.74, 6) is 2.05. The van der Waals surface area contributed by atoms with E-state index in [0.29, 0.717) is 55.4 Å². The Balaban J connectivity index is 1.01. The van der Waals surface area contributed by atoms with E-state index in [1.807, 2.05) is 25.7 Å². The monoisotopic (exact) mass is 686 g/mol. The summed E-state index contributed by atoms with van der Waals surface area (Å²) in [7, 11) is 0. The highest BCUT2D eigenvalue weighted by molar-refractivity contribution is 5.80. The summed E-state index contributed by atoms with van der Waals surface area (Å²) >= 11 is 0. The van der Waals surface area contributed by atoms with Crippen LogP contribution in [0.3, 0.4) is 0 Å². The van der Waals surface area contributed by atoms with Crippen molar-refractivity contribution in [3.05, 3.63) is 0 Å². The van der Waals surface area contributed by atoms with Crippen molar-refractivity contribution in [2.75, 3.05) is 39.4 Å². The number of aliphatic hydroxyl groups is 2.